The second-order valence-electron chi connectivity index (χ2n) is 2.77. The van der Waals surface area contributed by atoms with Gasteiger partial charge in [-0.25, -0.2) is 13.2 Å². The van der Waals surface area contributed by atoms with Gasteiger partial charge in [0.25, 0.3) is 0 Å². The highest BCUT2D eigenvalue weighted by atomic mass is 19.2. The van der Waals surface area contributed by atoms with E-state index in [4.69, 9.17) is 0 Å². The summed E-state index contributed by atoms with van der Waals surface area (Å²) in [6, 6.07) is 1.81. The van der Waals surface area contributed by atoms with Gasteiger partial charge in [-0.15, -0.1) is 0 Å². The molecule has 0 aliphatic rings. The second-order valence-corrected chi connectivity index (χ2v) is 2.77. The second kappa shape index (κ2) is 3.79. The van der Waals surface area contributed by atoms with E-state index in [1.54, 1.807) is 14.0 Å². The fraction of sp³-hybridized carbons (Fsp3) is 0.333. The van der Waals surface area contributed by atoms with E-state index in [9.17, 15) is 13.2 Å². The molecule has 0 amide bonds. The highest BCUT2D eigenvalue weighted by molar-refractivity contribution is 5.22. The van der Waals surface area contributed by atoms with Crippen molar-refractivity contribution < 1.29 is 13.2 Å². The summed E-state index contributed by atoms with van der Waals surface area (Å²) in [5, 5.41) is 2.74. The van der Waals surface area contributed by atoms with Gasteiger partial charge in [-0.05, 0) is 20.0 Å². The maximum atomic E-state index is 13.0. The molecular weight excluding hydrogens is 179 g/mol. The molecule has 1 aromatic carbocycles. The smallest absolute Gasteiger partial charge is 0.194 e. The Balaban J connectivity index is 3.18. The zero-order valence-corrected chi connectivity index (χ0v) is 7.37. The molecule has 72 valence electrons. The van der Waals surface area contributed by atoms with E-state index in [2.05, 4.69) is 5.32 Å². The van der Waals surface area contributed by atoms with Gasteiger partial charge in [-0.3, -0.25) is 0 Å². The van der Waals surface area contributed by atoms with Crippen LogP contribution in [-0.4, -0.2) is 7.05 Å². The van der Waals surface area contributed by atoms with Gasteiger partial charge < -0.3 is 5.32 Å². The van der Waals surface area contributed by atoms with Crippen molar-refractivity contribution in [1.29, 1.82) is 0 Å². The average Bonchev–Trinajstić information content (AvgIpc) is 2.13. The zero-order valence-electron chi connectivity index (χ0n) is 7.37. The van der Waals surface area contributed by atoms with Gasteiger partial charge in [0, 0.05) is 11.6 Å². The lowest BCUT2D eigenvalue weighted by Gasteiger charge is -2.11. The van der Waals surface area contributed by atoms with Gasteiger partial charge in [0.2, 0.25) is 0 Å². The predicted molar refractivity (Wildman–Crippen MR) is 43.8 cm³/mol. The van der Waals surface area contributed by atoms with Crippen molar-refractivity contribution in [3.63, 3.8) is 0 Å². The van der Waals surface area contributed by atoms with Crippen LogP contribution in [0.3, 0.4) is 0 Å². The van der Waals surface area contributed by atoms with Crippen LogP contribution in [0.25, 0.3) is 0 Å². The quantitative estimate of drug-likeness (QED) is 0.704. The third-order valence-corrected chi connectivity index (χ3v) is 1.96. The Bertz CT molecular complexity index is 312. The van der Waals surface area contributed by atoms with Crippen molar-refractivity contribution in [3.8, 4) is 0 Å². The first kappa shape index (κ1) is 10.1. The third-order valence-electron chi connectivity index (χ3n) is 1.96. The van der Waals surface area contributed by atoms with Gasteiger partial charge in [0.1, 0.15) is 0 Å². The number of rotatable bonds is 2. The van der Waals surface area contributed by atoms with Gasteiger partial charge in [-0.2, -0.15) is 0 Å². The van der Waals surface area contributed by atoms with E-state index in [0.717, 1.165) is 6.07 Å². The number of halogens is 3. The summed E-state index contributed by atoms with van der Waals surface area (Å²) in [5.74, 6) is -3.70. The van der Waals surface area contributed by atoms with Crippen LogP contribution < -0.4 is 5.32 Å². The minimum atomic E-state index is -1.42. The third kappa shape index (κ3) is 1.83. The highest BCUT2D eigenvalue weighted by Crippen LogP contribution is 2.20. The molecule has 1 nitrogen and oxygen atoms in total. The average molecular weight is 189 g/mol. The molecule has 0 aliphatic heterocycles. The van der Waals surface area contributed by atoms with E-state index < -0.39 is 17.5 Å². The lowest BCUT2D eigenvalue weighted by atomic mass is 10.1. The van der Waals surface area contributed by atoms with Crippen molar-refractivity contribution >= 4 is 0 Å². The summed E-state index contributed by atoms with van der Waals surface area (Å²) in [5.41, 5.74) is 0.126. The lowest BCUT2D eigenvalue weighted by molar-refractivity contribution is 0.432. The van der Waals surface area contributed by atoms with Gasteiger partial charge >= 0.3 is 0 Å². The van der Waals surface area contributed by atoms with Crippen LogP contribution >= 0.6 is 0 Å². The minimum Gasteiger partial charge on any atom is -0.313 e. The molecule has 0 spiro atoms. The Kier molecular flexibility index (Phi) is 2.93. The number of hydrogen-bond donors (Lipinski definition) is 1. The molecule has 1 N–H and O–H groups in total. The monoisotopic (exact) mass is 189 g/mol. The van der Waals surface area contributed by atoms with E-state index >= 15 is 0 Å². The Morgan fingerprint density at radius 2 is 1.77 bits per heavy atom. The van der Waals surface area contributed by atoms with Crippen molar-refractivity contribution in [3.05, 3.63) is 35.1 Å². The summed E-state index contributed by atoms with van der Waals surface area (Å²) in [4.78, 5) is 0. The maximum Gasteiger partial charge on any atom is 0.194 e. The molecule has 0 unspecified atom stereocenters. The fourth-order valence-electron chi connectivity index (χ4n) is 1.03. The summed E-state index contributed by atoms with van der Waals surface area (Å²) in [6.07, 6.45) is 0. The minimum absolute atomic E-state index is 0.126. The van der Waals surface area contributed by atoms with Crippen LogP contribution in [0, 0.1) is 17.5 Å². The van der Waals surface area contributed by atoms with Crippen LogP contribution in [0.2, 0.25) is 0 Å². The lowest BCUT2D eigenvalue weighted by Crippen LogP contribution is -2.15. The topological polar surface area (TPSA) is 12.0 Å². The predicted octanol–water partition coefficient (Wildman–Crippen LogP) is 2.38. The molecule has 0 radical (unpaired) electrons. The summed E-state index contributed by atoms with van der Waals surface area (Å²) in [6.45, 7) is 1.66. The molecule has 1 aromatic rings. The molecule has 0 aliphatic carbocycles. The Morgan fingerprint density at radius 1 is 1.15 bits per heavy atom. The van der Waals surface area contributed by atoms with E-state index in [0.29, 0.717) is 0 Å². The van der Waals surface area contributed by atoms with E-state index in [-0.39, 0.29) is 11.6 Å². The molecule has 0 aromatic heterocycles. The van der Waals surface area contributed by atoms with Crippen molar-refractivity contribution in [2.45, 2.75) is 13.0 Å². The zero-order chi connectivity index (χ0) is 10.0. The van der Waals surface area contributed by atoms with Crippen LogP contribution in [0.1, 0.15) is 18.5 Å². The highest BCUT2D eigenvalue weighted by Gasteiger charge is 2.16. The molecule has 13 heavy (non-hydrogen) atoms. The van der Waals surface area contributed by atoms with Gasteiger partial charge in [0.05, 0.1) is 0 Å². The molecule has 4 heteroatoms. The molecular formula is C9H10F3N. The Morgan fingerprint density at radius 3 is 2.31 bits per heavy atom. The van der Waals surface area contributed by atoms with Gasteiger partial charge in [0.15, 0.2) is 17.5 Å². The molecule has 0 bridgehead atoms. The summed E-state index contributed by atoms with van der Waals surface area (Å²) in [7, 11) is 1.62. The van der Waals surface area contributed by atoms with Crippen LogP contribution in [0.4, 0.5) is 13.2 Å². The maximum absolute atomic E-state index is 13.0. The fourth-order valence-corrected chi connectivity index (χ4v) is 1.03. The number of nitrogens with one attached hydrogen (secondary N) is 1. The normalized spacial score (nSPS) is 13.0. The van der Waals surface area contributed by atoms with Crippen molar-refractivity contribution in [2.75, 3.05) is 7.05 Å². The first-order chi connectivity index (χ1) is 6.07. The summed E-state index contributed by atoms with van der Waals surface area (Å²) >= 11 is 0. The summed E-state index contributed by atoms with van der Waals surface area (Å²) < 4.78 is 38.2. The van der Waals surface area contributed by atoms with Gasteiger partial charge in [-0.1, -0.05) is 6.07 Å². The SMILES string of the molecule is CN[C@H](C)c1ccc(F)c(F)c1F. The molecule has 0 fully saturated rings. The van der Waals surface area contributed by atoms with Crippen LogP contribution in [0.15, 0.2) is 12.1 Å². The molecule has 0 heterocycles. The molecule has 1 atom stereocenters. The Labute approximate surface area is 74.6 Å². The van der Waals surface area contributed by atoms with Crippen LogP contribution in [-0.2, 0) is 0 Å². The first-order valence-electron chi connectivity index (χ1n) is 3.88. The standard InChI is InChI=1S/C9H10F3N/c1-5(13-2)6-3-4-7(10)9(12)8(6)11/h3-5,13H,1-2H3/t5-/m1/s1. The largest absolute Gasteiger partial charge is 0.313 e. The van der Waals surface area contributed by atoms with Crippen molar-refractivity contribution in [2.24, 2.45) is 0 Å². The van der Waals surface area contributed by atoms with Crippen LogP contribution in [0.5, 0.6) is 0 Å². The number of benzene rings is 1. The number of hydrogen-bond acceptors (Lipinski definition) is 1. The Hall–Kier alpha value is -1.03. The first-order valence-corrected chi connectivity index (χ1v) is 3.88. The molecule has 0 saturated heterocycles. The van der Waals surface area contributed by atoms with Crippen molar-refractivity contribution in [1.82, 2.24) is 5.32 Å². The molecule has 1 rings (SSSR count). The molecule has 0 saturated carbocycles. The van der Waals surface area contributed by atoms with E-state index in [1.165, 1.54) is 6.07 Å². The van der Waals surface area contributed by atoms with E-state index in [1.807, 2.05) is 0 Å².